The molecular formula is C28H22N6OS. The summed E-state index contributed by atoms with van der Waals surface area (Å²) in [6.07, 6.45) is 8.17. The summed E-state index contributed by atoms with van der Waals surface area (Å²) in [7, 11) is 0. The average molecular weight is 491 g/mol. The van der Waals surface area contributed by atoms with Crippen LogP contribution in [0.15, 0.2) is 114 Å². The highest BCUT2D eigenvalue weighted by atomic mass is 32.2. The minimum atomic E-state index is -0.297. The Labute approximate surface area is 213 Å². The van der Waals surface area contributed by atoms with Crippen molar-refractivity contribution < 1.29 is 4.79 Å². The van der Waals surface area contributed by atoms with Crippen molar-refractivity contribution in [2.24, 2.45) is 0 Å². The van der Waals surface area contributed by atoms with Crippen LogP contribution >= 0.6 is 11.8 Å². The van der Waals surface area contributed by atoms with E-state index in [1.165, 1.54) is 0 Å². The van der Waals surface area contributed by atoms with Crippen LogP contribution in [-0.2, 0) is 0 Å². The quantitative estimate of drug-likeness (QED) is 0.356. The minimum absolute atomic E-state index is 0.101. The number of nitrogens with one attached hydrogen (secondary N) is 2. The number of carbonyl (C=O) groups excluding carboxylic acids is 1. The van der Waals surface area contributed by atoms with Gasteiger partial charge in [-0.1, -0.05) is 97.1 Å². The molecular weight excluding hydrogens is 468 g/mol. The molecule has 0 bridgehead atoms. The fraction of sp³-hybridized carbons (Fsp3) is 0.0714. The number of anilines is 2. The molecule has 2 N–H and O–H groups in total. The summed E-state index contributed by atoms with van der Waals surface area (Å²) in [6, 6.07) is 27.2. The van der Waals surface area contributed by atoms with E-state index < -0.39 is 0 Å². The van der Waals surface area contributed by atoms with Crippen LogP contribution in [0.1, 0.15) is 0 Å². The van der Waals surface area contributed by atoms with Crippen molar-refractivity contribution in [3.05, 3.63) is 109 Å². The van der Waals surface area contributed by atoms with Crippen molar-refractivity contribution in [3.63, 3.8) is 0 Å². The van der Waals surface area contributed by atoms with E-state index in [4.69, 9.17) is 4.98 Å². The van der Waals surface area contributed by atoms with Gasteiger partial charge in [-0.25, -0.2) is 15.2 Å². The molecule has 176 valence electrons. The van der Waals surface area contributed by atoms with Gasteiger partial charge in [-0.3, -0.25) is 10.3 Å². The summed E-state index contributed by atoms with van der Waals surface area (Å²) in [5, 5.41) is 8.85. The lowest BCUT2D eigenvalue weighted by atomic mass is 10.0. The zero-order valence-corrected chi connectivity index (χ0v) is 20.0. The summed E-state index contributed by atoms with van der Waals surface area (Å²) in [5.41, 5.74) is 9.70. The van der Waals surface area contributed by atoms with E-state index in [1.807, 2.05) is 103 Å². The van der Waals surface area contributed by atoms with Crippen LogP contribution in [0.5, 0.6) is 0 Å². The lowest BCUT2D eigenvalue weighted by molar-refractivity contribution is 0.246. The van der Waals surface area contributed by atoms with Crippen molar-refractivity contribution in [2.75, 3.05) is 10.3 Å². The summed E-state index contributed by atoms with van der Waals surface area (Å²) in [5.74, 6) is 0.206. The number of thioether (sulfide) groups is 1. The molecule has 3 aromatic carbocycles. The van der Waals surface area contributed by atoms with Gasteiger partial charge in [-0.2, -0.15) is 0 Å². The second kappa shape index (κ2) is 9.67. The Kier molecular flexibility index (Phi) is 5.93. The predicted molar refractivity (Wildman–Crippen MR) is 143 cm³/mol. The fourth-order valence-corrected chi connectivity index (χ4v) is 5.62. The van der Waals surface area contributed by atoms with Crippen LogP contribution < -0.4 is 15.8 Å². The van der Waals surface area contributed by atoms with Gasteiger partial charge in [0.2, 0.25) is 0 Å². The normalized spacial score (nSPS) is 17.7. The smallest absolute Gasteiger partial charge is 0.284 e. The molecule has 0 saturated heterocycles. The van der Waals surface area contributed by atoms with Crippen molar-refractivity contribution in [3.8, 4) is 22.5 Å². The number of hydrogen-bond acceptors (Lipinski definition) is 6. The van der Waals surface area contributed by atoms with E-state index in [1.54, 1.807) is 16.7 Å². The van der Waals surface area contributed by atoms with Crippen molar-refractivity contribution in [1.82, 2.24) is 20.6 Å². The van der Waals surface area contributed by atoms with Crippen molar-refractivity contribution in [2.45, 2.75) is 16.2 Å². The number of hydrazine groups is 1. The van der Waals surface area contributed by atoms with E-state index in [0.29, 0.717) is 11.4 Å². The topological polar surface area (TPSA) is 83.0 Å². The highest BCUT2D eigenvalue weighted by molar-refractivity contribution is 8.00. The van der Waals surface area contributed by atoms with Crippen LogP contribution in [0.25, 0.3) is 22.5 Å². The highest BCUT2D eigenvalue weighted by Crippen LogP contribution is 2.43. The van der Waals surface area contributed by atoms with Gasteiger partial charge in [-0.05, 0) is 12.1 Å². The van der Waals surface area contributed by atoms with Gasteiger partial charge >= 0.3 is 6.03 Å². The van der Waals surface area contributed by atoms with Crippen LogP contribution in [0, 0.1) is 0 Å². The molecule has 6 rings (SSSR count). The molecule has 0 fully saturated rings. The van der Waals surface area contributed by atoms with Gasteiger partial charge in [0.25, 0.3) is 5.95 Å². The van der Waals surface area contributed by atoms with Crippen LogP contribution in [-0.4, -0.2) is 32.5 Å². The SMILES string of the molecule is O=C(NNc1nnc(-c2ccccc2)c(-c2ccccc2)n1)N1c2ccccc2S[C@H]2C=CC=C[C@@H]21. The molecule has 1 aromatic heterocycles. The molecule has 2 aliphatic rings. The molecule has 0 unspecified atom stereocenters. The molecule has 0 radical (unpaired) electrons. The van der Waals surface area contributed by atoms with Crippen molar-refractivity contribution >= 4 is 29.4 Å². The number of allylic oxidation sites excluding steroid dienone is 2. The lowest BCUT2D eigenvalue weighted by Gasteiger charge is -2.40. The second-order valence-corrected chi connectivity index (χ2v) is 9.52. The molecule has 1 aliphatic carbocycles. The lowest BCUT2D eigenvalue weighted by Crippen LogP contribution is -2.53. The Morgan fingerprint density at radius 1 is 0.778 bits per heavy atom. The molecule has 2 atom stereocenters. The first-order valence-corrected chi connectivity index (χ1v) is 12.5. The molecule has 7 nitrogen and oxygen atoms in total. The summed E-state index contributed by atoms with van der Waals surface area (Å²) in [6.45, 7) is 0. The molecule has 1 aliphatic heterocycles. The van der Waals surface area contributed by atoms with E-state index in [9.17, 15) is 4.79 Å². The zero-order valence-electron chi connectivity index (χ0n) is 19.2. The number of benzene rings is 3. The molecule has 4 aromatic rings. The fourth-order valence-electron chi connectivity index (χ4n) is 4.36. The molecule has 36 heavy (non-hydrogen) atoms. The first-order valence-electron chi connectivity index (χ1n) is 11.6. The third kappa shape index (κ3) is 4.23. The van der Waals surface area contributed by atoms with E-state index in [0.717, 1.165) is 21.7 Å². The predicted octanol–water partition coefficient (Wildman–Crippen LogP) is 5.72. The molecule has 2 heterocycles. The maximum Gasteiger partial charge on any atom is 0.341 e. The van der Waals surface area contributed by atoms with E-state index in [-0.39, 0.29) is 23.3 Å². The number of rotatable bonds is 4. The highest BCUT2D eigenvalue weighted by Gasteiger charge is 2.36. The number of urea groups is 1. The standard InChI is InChI=1S/C28H22N6OS/c35-28(34-21-15-7-9-17-23(21)36-24-18-10-8-16-22(24)34)33-32-27-29-25(19-11-3-1-4-12-19)26(30-31-27)20-13-5-2-6-14-20/h1-18,21,23H,(H,33,35)(H,29,31,32)/t21-,23-/m0/s1. The van der Waals surface area contributed by atoms with Crippen molar-refractivity contribution in [1.29, 1.82) is 0 Å². The monoisotopic (exact) mass is 490 g/mol. The number of hydrogen-bond donors (Lipinski definition) is 2. The Balaban J connectivity index is 1.29. The van der Waals surface area contributed by atoms with Gasteiger partial charge in [0.15, 0.2) is 0 Å². The number of fused-ring (bicyclic) bond motifs is 2. The van der Waals surface area contributed by atoms with Gasteiger partial charge in [0, 0.05) is 16.0 Å². The van der Waals surface area contributed by atoms with E-state index in [2.05, 4.69) is 27.1 Å². The van der Waals surface area contributed by atoms with Gasteiger partial charge < -0.3 is 0 Å². The van der Waals surface area contributed by atoms with Gasteiger partial charge in [-0.15, -0.1) is 22.0 Å². The molecule has 0 saturated carbocycles. The third-order valence-electron chi connectivity index (χ3n) is 6.02. The number of carbonyl (C=O) groups is 1. The van der Waals surface area contributed by atoms with Gasteiger partial charge in [0.1, 0.15) is 11.4 Å². The maximum atomic E-state index is 13.4. The Morgan fingerprint density at radius 3 is 2.22 bits per heavy atom. The Bertz CT molecular complexity index is 1460. The minimum Gasteiger partial charge on any atom is -0.284 e. The van der Waals surface area contributed by atoms with Gasteiger partial charge in [0.05, 0.1) is 17.0 Å². The number of para-hydroxylation sites is 1. The average Bonchev–Trinajstić information content (AvgIpc) is 2.95. The number of amides is 2. The van der Waals surface area contributed by atoms with Crippen LogP contribution in [0.4, 0.5) is 16.4 Å². The Hall–Kier alpha value is -4.43. The first-order chi connectivity index (χ1) is 17.8. The zero-order chi connectivity index (χ0) is 24.3. The maximum absolute atomic E-state index is 13.4. The second-order valence-electron chi connectivity index (χ2n) is 8.30. The van der Waals surface area contributed by atoms with E-state index >= 15 is 0 Å². The number of nitrogens with zero attached hydrogens (tertiary/aromatic N) is 4. The molecule has 2 amide bonds. The van der Waals surface area contributed by atoms with Crippen LogP contribution in [0.3, 0.4) is 0 Å². The molecule has 8 heteroatoms. The van der Waals surface area contributed by atoms with Crippen LogP contribution in [0.2, 0.25) is 0 Å². The first kappa shape index (κ1) is 22.1. The number of aromatic nitrogens is 3. The summed E-state index contributed by atoms with van der Waals surface area (Å²) >= 11 is 1.76. The summed E-state index contributed by atoms with van der Waals surface area (Å²) in [4.78, 5) is 21.0. The summed E-state index contributed by atoms with van der Waals surface area (Å²) < 4.78 is 0. The third-order valence-corrected chi connectivity index (χ3v) is 7.33. The molecule has 0 spiro atoms. The Morgan fingerprint density at radius 2 is 1.44 bits per heavy atom. The largest absolute Gasteiger partial charge is 0.341 e.